The minimum atomic E-state index is -1.10. The molecule has 0 aromatic carbocycles. The molecule has 1 saturated heterocycles. The molecule has 2 N–H and O–H groups in total. The highest BCUT2D eigenvalue weighted by atomic mass is 16.6. The number of amides is 1. The summed E-state index contributed by atoms with van der Waals surface area (Å²) in [5, 5.41) is 12.2. The molecule has 0 bridgehead atoms. The number of aromatic carboxylic acids is 1. The number of likely N-dealkylation sites (N-methyl/N-ethyl adjacent to an activating group) is 1. The molecule has 25 heavy (non-hydrogen) atoms. The molecule has 0 unspecified atom stereocenters. The smallest absolute Gasteiger partial charge is 0.339 e. The van der Waals surface area contributed by atoms with Crippen molar-refractivity contribution in [3.05, 3.63) is 17.8 Å². The van der Waals surface area contributed by atoms with Crippen LogP contribution in [0.4, 0.5) is 11.5 Å². The number of anilines is 2. The average molecular weight is 351 g/mol. The number of unbranched alkanes of at least 4 members (excludes halogenated alkanes) is 1. The molecule has 1 aliphatic rings. The number of hydrogen-bond donors (Lipinski definition) is 2. The van der Waals surface area contributed by atoms with Crippen molar-refractivity contribution in [2.75, 3.05) is 43.6 Å². The number of hydrogen-bond acceptors (Lipinski definition) is 6. The molecule has 1 atom stereocenters. The van der Waals surface area contributed by atoms with Gasteiger partial charge in [0.1, 0.15) is 11.4 Å². The number of nitrogens with one attached hydrogen (secondary N) is 1. The van der Waals surface area contributed by atoms with Crippen LogP contribution in [0, 0.1) is 0 Å². The van der Waals surface area contributed by atoms with E-state index in [0.29, 0.717) is 44.3 Å². The average Bonchev–Trinajstić information content (AvgIpc) is 2.60. The van der Waals surface area contributed by atoms with E-state index in [4.69, 9.17) is 9.47 Å². The highest BCUT2D eigenvalue weighted by Crippen LogP contribution is 2.21. The summed E-state index contributed by atoms with van der Waals surface area (Å²) in [6.07, 6.45) is 3.45. The molecule has 138 valence electrons. The van der Waals surface area contributed by atoms with E-state index in [1.807, 2.05) is 6.92 Å². The first kappa shape index (κ1) is 19.1. The zero-order valence-electron chi connectivity index (χ0n) is 14.7. The molecule has 1 aromatic rings. The Morgan fingerprint density at radius 3 is 2.88 bits per heavy atom. The quantitative estimate of drug-likeness (QED) is 0.736. The van der Waals surface area contributed by atoms with E-state index in [1.165, 1.54) is 12.3 Å². The highest BCUT2D eigenvalue weighted by Gasteiger charge is 2.21. The molecule has 8 heteroatoms. The van der Waals surface area contributed by atoms with E-state index >= 15 is 0 Å². The first-order valence-electron chi connectivity index (χ1n) is 8.45. The molecule has 2 heterocycles. The number of carboxylic acid groups (broad SMARTS) is 1. The maximum absolute atomic E-state index is 11.8. The van der Waals surface area contributed by atoms with Crippen molar-refractivity contribution in [3.8, 4) is 0 Å². The van der Waals surface area contributed by atoms with Crippen LogP contribution in [0.2, 0.25) is 0 Å². The molecule has 1 aromatic heterocycles. The van der Waals surface area contributed by atoms with Crippen LogP contribution in [0.5, 0.6) is 0 Å². The zero-order valence-corrected chi connectivity index (χ0v) is 14.7. The predicted molar refractivity (Wildman–Crippen MR) is 93.2 cm³/mol. The third-order valence-corrected chi connectivity index (χ3v) is 3.86. The number of nitrogens with zero attached hydrogens (tertiary/aromatic N) is 2. The van der Waals surface area contributed by atoms with Gasteiger partial charge in [-0.3, -0.25) is 4.79 Å². The topological polar surface area (TPSA) is 101 Å². The Hall–Kier alpha value is -2.19. The first-order valence-corrected chi connectivity index (χ1v) is 8.45. The van der Waals surface area contributed by atoms with Crippen LogP contribution in [-0.2, 0) is 14.3 Å². The molecule has 2 rings (SSSR count). The number of rotatable bonds is 8. The Bertz CT molecular complexity index is 602. The number of carbonyl (C=O) groups is 2. The molecule has 0 saturated carbocycles. The summed E-state index contributed by atoms with van der Waals surface area (Å²) in [7, 11) is 1.76. The van der Waals surface area contributed by atoms with Crippen LogP contribution in [-0.4, -0.2) is 61.5 Å². The van der Waals surface area contributed by atoms with Crippen LogP contribution < -0.4 is 10.2 Å². The molecule has 0 aliphatic carbocycles. The summed E-state index contributed by atoms with van der Waals surface area (Å²) >= 11 is 0. The lowest BCUT2D eigenvalue weighted by molar-refractivity contribution is -0.116. The van der Waals surface area contributed by atoms with Gasteiger partial charge in [-0.05, 0) is 12.5 Å². The van der Waals surface area contributed by atoms with Crippen molar-refractivity contribution < 1.29 is 24.2 Å². The molecule has 0 spiro atoms. The van der Waals surface area contributed by atoms with E-state index < -0.39 is 5.97 Å². The Morgan fingerprint density at radius 2 is 2.24 bits per heavy atom. The Kier molecular flexibility index (Phi) is 7.15. The second-order valence-electron chi connectivity index (χ2n) is 6.00. The Morgan fingerprint density at radius 1 is 1.44 bits per heavy atom. The molecule has 1 amide bonds. The lowest BCUT2D eigenvalue weighted by Crippen LogP contribution is -2.39. The van der Waals surface area contributed by atoms with Gasteiger partial charge in [0.25, 0.3) is 0 Å². The van der Waals surface area contributed by atoms with E-state index in [1.54, 1.807) is 11.9 Å². The van der Waals surface area contributed by atoms with Crippen molar-refractivity contribution in [1.29, 1.82) is 0 Å². The van der Waals surface area contributed by atoms with Crippen molar-refractivity contribution >= 4 is 23.4 Å². The van der Waals surface area contributed by atoms with Gasteiger partial charge in [0.15, 0.2) is 0 Å². The SMILES string of the molecule is CCCCC(=O)Nc1cnc(N(C)C[C@@H]2COCCO2)c(C(=O)O)c1. The van der Waals surface area contributed by atoms with Crippen LogP contribution in [0.25, 0.3) is 0 Å². The zero-order chi connectivity index (χ0) is 18.2. The van der Waals surface area contributed by atoms with E-state index in [9.17, 15) is 14.7 Å². The minimum absolute atomic E-state index is 0.0347. The summed E-state index contributed by atoms with van der Waals surface area (Å²) in [5.74, 6) is -0.915. The van der Waals surface area contributed by atoms with Crippen molar-refractivity contribution in [3.63, 3.8) is 0 Å². The van der Waals surface area contributed by atoms with Gasteiger partial charge in [-0.25, -0.2) is 9.78 Å². The fourth-order valence-electron chi connectivity index (χ4n) is 2.58. The first-order chi connectivity index (χ1) is 12.0. The molecule has 1 aliphatic heterocycles. The van der Waals surface area contributed by atoms with Gasteiger partial charge in [-0.15, -0.1) is 0 Å². The standard InChI is InChI=1S/C17H25N3O5/c1-3-4-5-15(21)19-12-8-14(17(22)23)16(18-9-12)20(2)10-13-11-24-6-7-25-13/h8-9,13H,3-7,10-11H2,1-2H3,(H,19,21)(H,22,23)/t13-/m1/s1. The van der Waals surface area contributed by atoms with Gasteiger partial charge in [0.05, 0.1) is 37.8 Å². The van der Waals surface area contributed by atoms with Crippen molar-refractivity contribution in [1.82, 2.24) is 4.98 Å². The fraction of sp³-hybridized carbons (Fsp3) is 0.588. The van der Waals surface area contributed by atoms with Crippen molar-refractivity contribution in [2.24, 2.45) is 0 Å². The summed E-state index contributed by atoms with van der Waals surface area (Å²) < 4.78 is 10.9. The van der Waals surface area contributed by atoms with Gasteiger partial charge in [0.2, 0.25) is 5.91 Å². The molecular formula is C17H25N3O5. The molecule has 0 radical (unpaired) electrons. The number of carboxylic acids is 1. The maximum atomic E-state index is 11.8. The normalized spacial score (nSPS) is 17.1. The second-order valence-corrected chi connectivity index (χ2v) is 6.00. The number of carbonyl (C=O) groups excluding carboxylic acids is 1. The third kappa shape index (κ3) is 5.68. The highest BCUT2D eigenvalue weighted by molar-refractivity contribution is 5.96. The minimum Gasteiger partial charge on any atom is -0.478 e. The van der Waals surface area contributed by atoms with E-state index in [2.05, 4.69) is 10.3 Å². The maximum Gasteiger partial charge on any atom is 0.339 e. The predicted octanol–water partition coefficient (Wildman–Crippen LogP) is 1.76. The van der Waals surface area contributed by atoms with E-state index in [-0.39, 0.29) is 17.6 Å². The number of ether oxygens (including phenoxy) is 2. The van der Waals surface area contributed by atoms with Gasteiger partial charge in [-0.2, -0.15) is 0 Å². The third-order valence-electron chi connectivity index (χ3n) is 3.86. The Balaban J connectivity index is 2.09. The Labute approximate surface area is 147 Å². The summed E-state index contributed by atoms with van der Waals surface area (Å²) in [4.78, 5) is 29.4. The summed E-state index contributed by atoms with van der Waals surface area (Å²) in [6, 6.07) is 1.43. The van der Waals surface area contributed by atoms with Gasteiger partial charge < -0.3 is 24.8 Å². The fourth-order valence-corrected chi connectivity index (χ4v) is 2.58. The number of pyridine rings is 1. The van der Waals surface area contributed by atoms with Crippen LogP contribution in [0.15, 0.2) is 12.3 Å². The summed E-state index contributed by atoms with van der Waals surface area (Å²) in [6.45, 7) is 4.04. The molecular weight excluding hydrogens is 326 g/mol. The number of aromatic nitrogens is 1. The molecule has 8 nitrogen and oxygen atoms in total. The van der Waals surface area contributed by atoms with Crippen LogP contribution in [0.3, 0.4) is 0 Å². The van der Waals surface area contributed by atoms with Crippen LogP contribution >= 0.6 is 0 Å². The second kappa shape index (κ2) is 9.33. The van der Waals surface area contributed by atoms with Crippen molar-refractivity contribution in [2.45, 2.75) is 32.3 Å². The van der Waals surface area contributed by atoms with Gasteiger partial charge in [0, 0.05) is 20.0 Å². The van der Waals surface area contributed by atoms with Gasteiger partial charge in [-0.1, -0.05) is 13.3 Å². The van der Waals surface area contributed by atoms with Crippen LogP contribution in [0.1, 0.15) is 36.5 Å². The summed E-state index contributed by atoms with van der Waals surface area (Å²) in [5.41, 5.74) is 0.417. The molecule has 1 fully saturated rings. The van der Waals surface area contributed by atoms with E-state index in [0.717, 1.165) is 12.8 Å². The largest absolute Gasteiger partial charge is 0.478 e. The van der Waals surface area contributed by atoms with Gasteiger partial charge >= 0.3 is 5.97 Å². The monoisotopic (exact) mass is 351 g/mol. The lowest BCUT2D eigenvalue weighted by atomic mass is 10.2. The lowest BCUT2D eigenvalue weighted by Gasteiger charge is -2.28.